The summed E-state index contributed by atoms with van der Waals surface area (Å²) < 4.78 is 24.2. The van der Waals surface area contributed by atoms with Gasteiger partial charge in [-0.1, -0.05) is 11.8 Å². The van der Waals surface area contributed by atoms with Gasteiger partial charge in [-0.3, -0.25) is 0 Å². The molecule has 78 valence electrons. The monoisotopic (exact) mass is 233 g/mol. The number of aromatic nitrogens is 3. The predicted molar refractivity (Wildman–Crippen MR) is 53.9 cm³/mol. The van der Waals surface area contributed by atoms with Crippen LogP contribution in [0.2, 0.25) is 0 Å². The standard InChI is InChI=1S/C7H11N3O2S2/c1-10-5-8-9-7(10)13-6-2-3-14(11,12)4-6/h5-6H,2-4H2,1H3. The van der Waals surface area contributed by atoms with E-state index in [9.17, 15) is 8.42 Å². The summed E-state index contributed by atoms with van der Waals surface area (Å²) in [5.74, 6) is 0.576. The van der Waals surface area contributed by atoms with Crippen molar-refractivity contribution in [2.75, 3.05) is 11.5 Å². The van der Waals surface area contributed by atoms with Crippen LogP contribution in [0, 0.1) is 0 Å². The van der Waals surface area contributed by atoms with Crippen molar-refractivity contribution in [2.45, 2.75) is 16.8 Å². The maximum absolute atomic E-state index is 11.2. The van der Waals surface area contributed by atoms with Gasteiger partial charge in [0.2, 0.25) is 0 Å². The number of aryl methyl sites for hydroxylation is 1. The second-order valence-electron chi connectivity index (χ2n) is 3.37. The lowest BCUT2D eigenvalue weighted by Crippen LogP contribution is -2.07. The number of hydrogen-bond acceptors (Lipinski definition) is 5. The van der Waals surface area contributed by atoms with E-state index in [1.807, 2.05) is 7.05 Å². The highest BCUT2D eigenvalue weighted by Gasteiger charge is 2.29. The van der Waals surface area contributed by atoms with Crippen molar-refractivity contribution in [2.24, 2.45) is 7.05 Å². The summed E-state index contributed by atoms with van der Waals surface area (Å²) in [5, 5.41) is 8.58. The zero-order valence-corrected chi connectivity index (χ0v) is 9.38. The molecule has 1 aliphatic rings. The summed E-state index contributed by atoms with van der Waals surface area (Å²) in [6.45, 7) is 0. The van der Waals surface area contributed by atoms with Crippen LogP contribution in [0.5, 0.6) is 0 Å². The maximum atomic E-state index is 11.2. The summed E-state index contributed by atoms with van der Waals surface area (Å²) >= 11 is 1.50. The fraction of sp³-hybridized carbons (Fsp3) is 0.714. The van der Waals surface area contributed by atoms with Gasteiger partial charge in [-0.2, -0.15) is 0 Å². The highest BCUT2D eigenvalue weighted by molar-refractivity contribution is 8.01. The lowest BCUT2D eigenvalue weighted by molar-refractivity contribution is 0.602. The molecule has 7 heteroatoms. The Balaban J connectivity index is 2.04. The molecular formula is C7H11N3O2S2. The van der Waals surface area contributed by atoms with Crippen molar-refractivity contribution in [3.05, 3.63) is 6.33 Å². The first-order valence-electron chi connectivity index (χ1n) is 4.28. The van der Waals surface area contributed by atoms with Crippen LogP contribution in [0.4, 0.5) is 0 Å². The minimum absolute atomic E-state index is 0.142. The van der Waals surface area contributed by atoms with Gasteiger partial charge < -0.3 is 4.57 Å². The first-order chi connectivity index (χ1) is 6.57. The van der Waals surface area contributed by atoms with Gasteiger partial charge in [-0.05, 0) is 6.42 Å². The fourth-order valence-electron chi connectivity index (χ4n) is 1.38. The second kappa shape index (κ2) is 3.54. The topological polar surface area (TPSA) is 64.8 Å². The third-order valence-electron chi connectivity index (χ3n) is 2.13. The SMILES string of the molecule is Cn1cnnc1SC1CCS(=O)(=O)C1. The van der Waals surface area contributed by atoms with E-state index in [1.165, 1.54) is 11.8 Å². The van der Waals surface area contributed by atoms with Gasteiger partial charge in [0.05, 0.1) is 11.5 Å². The van der Waals surface area contributed by atoms with Gasteiger partial charge in [0.1, 0.15) is 6.33 Å². The van der Waals surface area contributed by atoms with Crippen LogP contribution in [0.1, 0.15) is 6.42 Å². The van der Waals surface area contributed by atoms with E-state index in [-0.39, 0.29) is 11.0 Å². The van der Waals surface area contributed by atoms with Crippen molar-refractivity contribution >= 4 is 21.6 Å². The molecule has 14 heavy (non-hydrogen) atoms. The molecular weight excluding hydrogens is 222 g/mol. The second-order valence-corrected chi connectivity index (χ2v) is 6.86. The van der Waals surface area contributed by atoms with E-state index in [1.54, 1.807) is 10.9 Å². The largest absolute Gasteiger partial charge is 0.312 e. The molecule has 0 spiro atoms. The van der Waals surface area contributed by atoms with E-state index in [0.717, 1.165) is 11.6 Å². The zero-order chi connectivity index (χ0) is 10.2. The molecule has 5 nitrogen and oxygen atoms in total. The lowest BCUT2D eigenvalue weighted by Gasteiger charge is -2.04. The average molecular weight is 233 g/mol. The molecule has 0 N–H and O–H groups in total. The Labute approximate surface area is 86.8 Å². The third-order valence-corrected chi connectivity index (χ3v) is 5.43. The third kappa shape index (κ3) is 2.09. The van der Waals surface area contributed by atoms with Gasteiger partial charge in [0.15, 0.2) is 15.0 Å². The van der Waals surface area contributed by atoms with Gasteiger partial charge in [0.25, 0.3) is 0 Å². The van der Waals surface area contributed by atoms with Crippen LogP contribution >= 0.6 is 11.8 Å². The fourth-order valence-corrected chi connectivity index (χ4v) is 4.81. The van der Waals surface area contributed by atoms with Crippen molar-refractivity contribution in [1.29, 1.82) is 0 Å². The molecule has 0 saturated carbocycles. The highest BCUT2D eigenvalue weighted by atomic mass is 32.2. The molecule has 1 aromatic heterocycles. The minimum atomic E-state index is -2.79. The number of hydrogen-bond donors (Lipinski definition) is 0. The number of thioether (sulfide) groups is 1. The number of rotatable bonds is 2. The van der Waals surface area contributed by atoms with Gasteiger partial charge in [-0.15, -0.1) is 10.2 Å². The predicted octanol–water partition coefficient (Wildman–Crippen LogP) is 0.0943. The molecule has 0 amide bonds. The molecule has 0 aliphatic carbocycles. The first kappa shape index (κ1) is 9.97. The highest BCUT2D eigenvalue weighted by Crippen LogP contribution is 2.28. The Hall–Kier alpha value is -0.560. The maximum Gasteiger partial charge on any atom is 0.191 e. The van der Waals surface area contributed by atoms with E-state index in [0.29, 0.717) is 5.75 Å². The average Bonchev–Trinajstić information content (AvgIpc) is 2.61. The van der Waals surface area contributed by atoms with Crippen molar-refractivity contribution in [3.8, 4) is 0 Å². The summed E-state index contributed by atoms with van der Waals surface area (Å²) in [4.78, 5) is 0. The molecule has 1 aromatic rings. The van der Waals surface area contributed by atoms with E-state index < -0.39 is 9.84 Å². The van der Waals surface area contributed by atoms with Crippen molar-refractivity contribution < 1.29 is 8.42 Å². The van der Waals surface area contributed by atoms with Crippen LogP contribution in [-0.4, -0.2) is 39.9 Å². The molecule has 1 unspecified atom stereocenters. The molecule has 1 fully saturated rings. The number of nitrogens with zero attached hydrogens (tertiary/aromatic N) is 3. The molecule has 1 aliphatic heterocycles. The Morgan fingerprint density at radius 2 is 2.43 bits per heavy atom. The Morgan fingerprint density at radius 3 is 2.93 bits per heavy atom. The number of sulfone groups is 1. The van der Waals surface area contributed by atoms with Crippen molar-refractivity contribution in [1.82, 2.24) is 14.8 Å². The van der Waals surface area contributed by atoms with E-state index in [4.69, 9.17) is 0 Å². The molecule has 1 atom stereocenters. The molecule has 2 rings (SSSR count). The van der Waals surface area contributed by atoms with Gasteiger partial charge >= 0.3 is 0 Å². The van der Waals surface area contributed by atoms with E-state index >= 15 is 0 Å². The first-order valence-corrected chi connectivity index (χ1v) is 6.98. The summed E-state index contributed by atoms with van der Waals surface area (Å²) in [6, 6.07) is 0. The van der Waals surface area contributed by atoms with E-state index in [2.05, 4.69) is 10.2 Å². The Morgan fingerprint density at radius 1 is 1.64 bits per heavy atom. The summed E-state index contributed by atoms with van der Waals surface area (Å²) in [6.07, 6.45) is 2.34. The Kier molecular flexibility index (Phi) is 2.52. The molecule has 2 heterocycles. The summed E-state index contributed by atoms with van der Waals surface area (Å²) in [7, 11) is -0.937. The summed E-state index contributed by atoms with van der Waals surface area (Å²) in [5.41, 5.74) is 0. The normalized spacial score (nSPS) is 25.4. The van der Waals surface area contributed by atoms with Gasteiger partial charge in [0, 0.05) is 12.3 Å². The smallest absolute Gasteiger partial charge is 0.191 e. The van der Waals surface area contributed by atoms with Crippen LogP contribution in [-0.2, 0) is 16.9 Å². The van der Waals surface area contributed by atoms with Crippen LogP contribution in [0.15, 0.2) is 11.5 Å². The molecule has 0 aromatic carbocycles. The molecule has 0 bridgehead atoms. The molecule has 0 radical (unpaired) electrons. The molecule has 1 saturated heterocycles. The van der Waals surface area contributed by atoms with Crippen LogP contribution < -0.4 is 0 Å². The Bertz CT molecular complexity index is 426. The van der Waals surface area contributed by atoms with Gasteiger partial charge in [-0.25, -0.2) is 8.42 Å². The zero-order valence-electron chi connectivity index (χ0n) is 7.75. The van der Waals surface area contributed by atoms with Crippen LogP contribution in [0.25, 0.3) is 0 Å². The quantitative estimate of drug-likeness (QED) is 0.724. The van der Waals surface area contributed by atoms with Crippen molar-refractivity contribution in [3.63, 3.8) is 0 Å². The lowest BCUT2D eigenvalue weighted by atomic mass is 10.4. The van der Waals surface area contributed by atoms with Crippen LogP contribution in [0.3, 0.4) is 0 Å². The minimum Gasteiger partial charge on any atom is -0.312 e.